The lowest BCUT2D eigenvalue weighted by atomic mass is 9.95. The first kappa shape index (κ1) is 17.1. The largest absolute Gasteiger partial charge is 0.380 e. The minimum absolute atomic E-state index is 0. The fourth-order valence-electron chi connectivity index (χ4n) is 2.98. The van der Waals surface area contributed by atoms with Crippen LogP contribution >= 0.6 is 12.4 Å². The number of halogens is 1. The van der Waals surface area contributed by atoms with E-state index in [4.69, 9.17) is 4.74 Å². The zero-order chi connectivity index (χ0) is 14.8. The maximum Gasteiger partial charge on any atom is 0.253 e. The summed E-state index contributed by atoms with van der Waals surface area (Å²) in [6.45, 7) is 3.39. The summed E-state index contributed by atoms with van der Waals surface area (Å²) in [5.74, 6) is 0.0575. The summed E-state index contributed by atoms with van der Waals surface area (Å²) in [6.07, 6.45) is 1.99. The van der Waals surface area contributed by atoms with Crippen LogP contribution < -0.4 is 10.6 Å². The molecule has 0 bridgehead atoms. The Morgan fingerprint density at radius 2 is 2.23 bits per heavy atom. The van der Waals surface area contributed by atoms with Crippen LogP contribution in [0.2, 0.25) is 0 Å². The topological polar surface area (TPSA) is 53.6 Å². The van der Waals surface area contributed by atoms with Gasteiger partial charge in [0.05, 0.1) is 12.6 Å². The zero-order valence-electron chi connectivity index (χ0n) is 13.1. The highest BCUT2D eigenvalue weighted by atomic mass is 35.5. The Kier molecular flexibility index (Phi) is 5.67. The van der Waals surface area contributed by atoms with Crippen molar-refractivity contribution in [2.45, 2.75) is 25.4 Å². The van der Waals surface area contributed by atoms with E-state index in [2.05, 4.69) is 16.7 Å². The van der Waals surface area contributed by atoms with Crippen LogP contribution in [0.1, 0.15) is 27.9 Å². The van der Waals surface area contributed by atoms with Gasteiger partial charge < -0.3 is 20.3 Å². The van der Waals surface area contributed by atoms with Crippen molar-refractivity contribution in [1.82, 2.24) is 10.2 Å². The monoisotopic (exact) mass is 325 g/mol. The maximum atomic E-state index is 12.3. The Hall–Kier alpha value is -1.30. The summed E-state index contributed by atoms with van der Waals surface area (Å²) in [6, 6.07) is 4.39. The van der Waals surface area contributed by atoms with E-state index in [1.54, 1.807) is 19.0 Å². The van der Waals surface area contributed by atoms with Crippen LogP contribution in [0.25, 0.3) is 0 Å². The number of carbonyl (C=O) groups excluding carboxylic acids is 1. The minimum atomic E-state index is 0. The van der Waals surface area contributed by atoms with Gasteiger partial charge in [-0.1, -0.05) is 0 Å². The average molecular weight is 326 g/mol. The van der Waals surface area contributed by atoms with E-state index in [-0.39, 0.29) is 18.3 Å². The van der Waals surface area contributed by atoms with Gasteiger partial charge in [-0.3, -0.25) is 4.79 Å². The number of fused-ring (bicyclic) bond motifs is 1. The van der Waals surface area contributed by atoms with Gasteiger partial charge in [0.1, 0.15) is 0 Å². The van der Waals surface area contributed by atoms with Gasteiger partial charge in [-0.15, -0.1) is 12.4 Å². The normalized spacial score (nSPS) is 20.0. The minimum Gasteiger partial charge on any atom is -0.380 e. The van der Waals surface area contributed by atoms with E-state index in [9.17, 15) is 4.79 Å². The number of benzene rings is 1. The molecule has 1 aromatic rings. The van der Waals surface area contributed by atoms with Crippen molar-refractivity contribution in [2.24, 2.45) is 0 Å². The lowest BCUT2D eigenvalue weighted by Gasteiger charge is -2.24. The van der Waals surface area contributed by atoms with Crippen molar-refractivity contribution in [3.63, 3.8) is 0 Å². The van der Waals surface area contributed by atoms with Gasteiger partial charge in [-0.2, -0.15) is 0 Å². The number of hydrogen-bond acceptors (Lipinski definition) is 4. The van der Waals surface area contributed by atoms with Crippen molar-refractivity contribution < 1.29 is 9.53 Å². The standard InChI is InChI=1S/C16H23N3O2.ClH/c1-19(2)16(20)12-7-11-3-5-17-9-14(11)15(8-12)18-13-4-6-21-10-13;/h7-8,13,17-18H,3-6,9-10H2,1-2H3;1H/t13-;/m1./s1. The second-order valence-electron chi connectivity index (χ2n) is 5.99. The molecule has 3 rings (SSSR count). The predicted octanol–water partition coefficient (Wildman–Crippen LogP) is 1.66. The molecule has 2 heterocycles. The van der Waals surface area contributed by atoms with Gasteiger partial charge >= 0.3 is 0 Å². The second-order valence-corrected chi connectivity index (χ2v) is 5.99. The fourth-order valence-corrected chi connectivity index (χ4v) is 2.98. The highest BCUT2D eigenvalue weighted by molar-refractivity contribution is 5.95. The summed E-state index contributed by atoms with van der Waals surface area (Å²) >= 11 is 0. The number of rotatable bonds is 3. The molecule has 5 nitrogen and oxygen atoms in total. The third-order valence-corrected chi connectivity index (χ3v) is 4.16. The van der Waals surface area contributed by atoms with Crippen LogP contribution in [-0.4, -0.2) is 50.7 Å². The number of anilines is 1. The molecular formula is C16H24ClN3O2. The molecule has 2 aliphatic heterocycles. The van der Waals surface area contributed by atoms with Gasteiger partial charge in [0, 0.05) is 38.5 Å². The third kappa shape index (κ3) is 3.54. The van der Waals surface area contributed by atoms with Crippen LogP contribution in [-0.2, 0) is 17.7 Å². The summed E-state index contributed by atoms with van der Waals surface area (Å²) in [5, 5.41) is 6.98. The molecule has 0 aliphatic carbocycles. The molecule has 1 aromatic carbocycles. The highest BCUT2D eigenvalue weighted by Gasteiger charge is 2.21. The summed E-state index contributed by atoms with van der Waals surface area (Å²) < 4.78 is 5.44. The number of nitrogens with one attached hydrogen (secondary N) is 2. The zero-order valence-corrected chi connectivity index (χ0v) is 14.0. The molecule has 2 N–H and O–H groups in total. The van der Waals surface area contributed by atoms with E-state index in [0.29, 0.717) is 6.04 Å². The summed E-state index contributed by atoms with van der Waals surface area (Å²) in [7, 11) is 3.59. The molecule has 0 unspecified atom stereocenters. The van der Waals surface area contributed by atoms with Crippen molar-refractivity contribution in [2.75, 3.05) is 39.2 Å². The SMILES string of the molecule is CN(C)C(=O)c1cc2c(c(N[C@@H]3CCOC3)c1)CNCC2.Cl. The number of ether oxygens (including phenoxy) is 1. The smallest absolute Gasteiger partial charge is 0.253 e. The molecule has 1 saturated heterocycles. The van der Waals surface area contributed by atoms with Crippen molar-refractivity contribution in [3.05, 3.63) is 28.8 Å². The van der Waals surface area contributed by atoms with E-state index >= 15 is 0 Å². The Bertz CT molecular complexity index is 542. The number of hydrogen-bond donors (Lipinski definition) is 2. The molecule has 6 heteroatoms. The Morgan fingerprint density at radius 3 is 2.91 bits per heavy atom. The predicted molar refractivity (Wildman–Crippen MR) is 90.0 cm³/mol. The summed E-state index contributed by atoms with van der Waals surface area (Å²) in [5.41, 5.74) is 4.42. The van der Waals surface area contributed by atoms with E-state index in [1.807, 2.05) is 6.07 Å². The van der Waals surface area contributed by atoms with Gasteiger partial charge in [0.25, 0.3) is 5.91 Å². The Balaban J connectivity index is 0.00000176. The van der Waals surface area contributed by atoms with Gasteiger partial charge in [0.2, 0.25) is 0 Å². The van der Waals surface area contributed by atoms with Crippen LogP contribution in [0, 0.1) is 0 Å². The first-order valence-electron chi connectivity index (χ1n) is 7.57. The maximum absolute atomic E-state index is 12.3. The van der Waals surface area contributed by atoms with E-state index in [0.717, 1.165) is 50.4 Å². The molecule has 1 atom stereocenters. The van der Waals surface area contributed by atoms with Crippen molar-refractivity contribution >= 4 is 24.0 Å². The van der Waals surface area contributed by atoms with Gasteiger partial charge in [-0.25, -0.2) is 0 Å². The molecule has 1 fully saturated rings. The fraction of sp³-hybridized carbons (Fsp3) is 0.562. The molecular weight excluding hydrogens is 302 g/mol. The van der Waals surface area contributed by atoms with Crippen LogP contribution in [0.4, 0.5) is 5.69 Å². The molecule has 0 spiro atoms. The second kappa shape index (κ2) is 7.31. The Labute approximate surface area is 137 Å². The lowest BCUT2D eigenvalue weighted by Crippen LogP contribution is -2.28. The van der Waals surface area contributed by atoms with Gasteiger partial charge in [0.15, 0.2) is 0 Å². The average Bonchev–Trinajstić information content (AvgIpc) is 2.99. The van der Waals surface area contributed by atoms with E-state index in [1.165, 1.54) is 11.1 Å². The number of carbonyl (C=O) groups is 1. The Morgan fingerprint density at radius 1 is 1.41 bits per heavy atom. The van der Waals surface area contributed by atoms with E-state index < -0.39 is 0 Å². The highest BCUT2D eigenvalue weighted by Crippen LogP contribution is 2.27. The quantitative estimate of drug-likeness (QED) is 0.887. The molecule has 0 radical (unpaired) electrons. The number of nitrogens with zero attached hydrogens (tertiary/aromatic N) is 1. The lowest BCUT2D eigenvalue weighted by molar-refractivity contribution is 0.0827. The first-order chi connectivity index (χ1) is 10.1. The molecule has 122 valence electrons. The number of amides is 1. The van der Waals surface area contributed by atoms with Crippen molar-refractivity contribution in [1.29, 1.82) is 0 Å². The first-order valence-corrected chi connectivity index (χ1v) is 7.57. The van der Waals surface area contributed by atoms with Crippen LogP contribution in [0.15, 0.2) is 12.1 Å². The van der Waals surface area contributed by atoms with Gasteiger partial charge in [-0.05, 0) is 42.6 Å². The van der Waals surface area contributed by atoms with Crippen molar-refractivity contribution in [3.8, 4) is 0 Å². The molecule has 0 aromatic heterocycles. The molecule has 2 aliphatic rings. The summed E-state index contributed by atoms with van der Waals surface area (Å²) in [4.78, 5) is 13.9. The molecule has 1 amide bonds. The van der Waals surface area contributed by atoms with Crippen LogP contribution in [0.3, 0.4) is 0 Å². The van der Waals surface area contributed by atoms with Crippen LogP contribution in [0.5, 0.6) is 0 Å². The molecule has 22 heavy (non-hydrogen) atoms. The third-order valence-electron chi connectivity index (χ3n) is 4.16. The molecule has 0 saturated carbocycles.